The molecule has 0 unspecified atom stereocenters. The van der Waals surface area contributed by atoms with Gasteiger partial charge >= 0.3 is 0 Å². The molecule has 0 amide bonds. The predicted octanol–water partition coefficient (Wildman–Crippen LogP) is 1.82. The molecule has 0 fully saturated rings. The van der Waals surface area contributed by atoms with Crippen molar-refractivity contribution in [3.05, 3.63) is 12.7 Å². The molecular formula is C12H28ClSn-. The Morgan fingerprint density at radius 1 is 0.786 bits per heavy atom. The summed E-state index contributed by atoms with van der Waals surface area (Å²) >= 11 is 0. The van der Waals surface area contributed by atoms with Gasteiger partial charge in [0.15, 0.2) is 0 Å². The summed E-state index contributed by atoms with van der Waals surface area (Å²) < 4.78 is 0. The minimum absolute atomic E-state index is 0. The minimum atomic E-state index is 0. The molecule has 14 heavy (non-hydrogen) atoms. The van der Waals surface area contributed by atoms with Crippen LogP contribution in [0.3, 0.4) is 0 Å². The molecule has 0 atom stereocenters. The zero-order chi connectivity index (χ0) is 10.2. The molecule has 0 spiro atoms. The second kappa shape index (κ2) is 48.8. The van der Waals surface area contributed by atoms with Gasteiger partial charge in [-0.2, -0.15) is 0 Å². The topological polar surface area (TPSA) is 0 Å². The van der Waals surface area contributed by atoms with E-state index < -0.39 is 0 Å². The molecule has 0 aromatic heterocycles. The van der Waals surface area contributed by atoms with Crippen LogP contribution in [0.15, 0.2) is 12.7 Å². The first-order valence-electron chi connectivity index (χ1n) is 5.35. The van der Waals surface area contributed by atoms with Crippen molar-refractivity contribution in [2.24, 2.45) is 0 Å². The fourth-order valence-electron chi connectivity index (χ4n) is 0. The first-order valence-corrected chi connectivity index (χ1v) is 5.35. The van der Waals surface area contributed by atoms with Gasteiger partial charge in [-0.3, -0.25) is 0 Å². The van der Waals surface area contributed by atoms with Gasteiger partial charge in [-0.1, -0.05) is 66.4 Å². The summed E-state index contributed by atoms with van der Waals surface area (Å²) in [5, 5.41) is 0. The molecule has 88 valence electrons. The van der Waals surface area contributed by atoms with E-state index in [1.54, 1.807) is 0 Å². The van der Waals surface area contributed by atoms with Crippen molar-refractivity contribution in [2.75, 3.05) is 0 Å². The van der Waals surface area contributed by atoms with E-state index in [0.717, 1.165) is 6.42 Å². The molecule has 0 saturated heterocycles. The van der Waals surface area contributed by atoms with E-state index in [-0.39, 0.29) is 36.3 Å². The van der Waals surface area contributed by atoms with Crippen LogP contribution in [0, 0.1) is 0 Å². The van der Waals surface area contributed by atoms with Crippen LogP contribution in [0.5, 0.6) is 0 Å². The summed E-state index contributed by atoms with van der Waals surface area (Å²) in [5.41, 5.74) is 0. The number of unbranched alkanes of at least 4 members (excludes halogenated alkanes) is 2. The SMILES string of the molecule is C=CCC.CCCC.CCCC.[Cl-].[Sn]. The monoisotopic (exact) mass is 327 g/mol. The Kier molecular flexibility index (Phi) is 102. The van der Waals surface area contributed by atoms with Crippen molar-refractivity contribution in [3.63, 3.8) is 0 Å². The smallest absolute Gasteiger partial charge is 0 e. The maximum atomic E-state index is 3.48. The molecule has 0 aliphatic heterocycles. The molecule has 2 heteroatoms. The van der Waals surface area contributed by atoms with Crippen LogP contribution in [0.2, 0.25) is 0 Å². The van der Waals surface area contributed by atoms with E-state index in [0.29, 0.717) is 0 Å². The molecule has 0 heterocycles. The summed E-state index contributed by atoms with van der Waals surface area (Å²) in [6, 6.07) is 0. The number of rotatable bonds is 3. The van der Waals surface area contributed by atoms with Crippen LogP contribution in [-0.2, 0) is 0 Å². The Hall–Kier alpha value is 0.829. The van der Waals surface area contributed by atoms with Gasteiger partial charge in [-0.05, 0) is 6.42 Å². The second-order valence-electron chi connectivity index (χ2n) is 2.70. The van der Waals surface area contributed by atoms with Gasteiger partial charge in [-0.25, -0.2) is 0 Å². The number of halogens is 1. The van der Waals surface area contributed by atoms with Crippen molar-refractivity contribution in [3.8, 4) is 0 Å². The van der Waals surface area contributed by atoms with Crippen LogP contribution >= 0.6 is 0 Å². The summed E-state index contributed by atoms with van der Waals surface area (Å²) in [6.07, 6.45) is 8.24. The van der Waals surface area contributed by atoms with E-state index in [9.17, 15) is 0 Å². The molecule has 0 bridgehead atoms. The molecule has 0 aromatic rings. The molecule has 0 N–H and O–H groups in total. The summed E-state index contributed by atoms with van der Waals surface area (Å²) in [6.45, 7) is 14.3. The van der Waals surface area contributed by atoms with Gasteiger partial charge in [0.2, 0.25) is 0 Å². The molecule has 0 saturated carbocycles. The van der Waals surface area contributed by atoms with Gasteiger partial charge in [-0.15, -0.1) is 6.58 Å². The average Bonchev–Trinajstić information content (AvgIpc) is 2.18. The Morgan fingerprint density at radius 2 is 0.929 bits per heavy atom. The van der Waals surface area contributed by atoms with Crippen molar-refractivity contribution in [2.45, 2.75) is 66.7 Å². The summed E-state index contributed by atoms with van der Waals surface area (Å²) in [7, 11) is 0. The van der Waals surface area contributed by atoms with Crippen LogP contribution in [0.1, 0.15) is 66.7 Å². The average molecular weight is 327 g/mol. The summed E-state index contributed by atoms with van der Waals surface area (Å²) in [4.78, 5) is 0. The fourth-order valence-corrected chi connectivity index (χ4v) is 0. The third-order valence-corrected chi connectivity index (χ3v) is 1.29. The maximum Gasteiger partial charge on any atom is 0 e. The Balaban J connectivity index is -0.0000000270. The normalized spacial score (nSPS) is 6.07. The van der Waals surface area contributed by atoms with Gasteiger partial charge in [0.05, 0.1) is 0 Å². The van der Waals surface area contributed by atoms with Crippen LogP contribution in [0.4, 0.5) is 0 Å². The quantitative estimate of drug-likeness (QED) is 0.548. The minimum Gasteiger partial charge on any atom is -1.00 e. The molecule has 0 aliphatic carbocycles. The standard InChI is InChI=1S/2C4H10.C4H8.ClH.Sn/c3*1-3-4-2;;/h2*3-4H2,1-2H3;3H,1,4H2,2H3;1H;/p-1. The van der Waals surface area contributed by atoms with E-state index >= 15 is 0 Å². The van der Waals surface area contributed by atoms with Crippen molar-refractivity contribution in [1.82, 2.24) is 0 Å². The molecular weight excluding hydrogens is 298 g/mol. The van der Waals surface area contributed by atoms with Crippen molar-refractivity contribution in [1.29, 1.82) is 0 Å². The van der Waals surface area contributed by atoms with Crippen LogP contribution < -0.4 is 12.4 Å². The molecule has 0 rings (SSSR count). The third kappa shape index (κ3) is 122. The van der Waals surface area contributed by atoms with Gasteiger partial charge in [0.25, 0.3) is 0 Å². The van der Waals surface area contributed by atoms with Crippen LogP contribution in [0.25, 0.3) is 0 Å². The van der Waals surface area contributed by atoms with E-state index in [2.05, 4.69) is 41.2 Å². The van der Waals surface area contributed by atoms with Crippen molar-refractivity contribution >= 4 is 23.9 Å². The van der Waals surface area contributed by atoms with E-state index in [1.807, 2.05) is 6.08 Å². The third-order valence-electron chi connectivity index (χ3n) is 1.29. The predicted molar refractivity (Wildman–Crippen MR) is 67.4 cm³/mol. The fraction of sp³-hybridized carbons (Fsp3) is 0.833. The molecule has 0 aromatic carbocycles. The largest absolute Gasteiger partial charge is 1.00 e. The van der Waals surface area contributed by atoms with Crippen molar-refractivity contribution < 1.29 is 12.4 Å². The molecule has 4 radical (unpaired) electrons. The van der Waals surface area contributed by atoms with Gasteiger partial charge in [0, 0.05) is 23.9 Å². The second-order valence-corrected chi connectivity index (χ2v) is 2.70. The van der Waals surface area contributed by atoms with Crippen LogP contribution in [-0.4, -0.2) is 23.9 Å². The van der Waals surface area contributed by atoms with E-state index in [4.69, 9.17) is 0 Å². The number of allylic oxidation sites excluding steroid dienone is 1. The molecule has 0 aliphatic rings. The van der Waals surface area contributed by atoms with E-state index in [1.165, 1.54) is 25.7 Å². The first kappa shape index (κ1) is 29.4. The van der Waals surface area contributed by atoms with Gasteiger partial charge in [0.1, 0.15) is 0 Å². The maximum absolute atomic E-state index is 3.48. The zero-order valence-corrected chi connectivity index (χ0v) is 14.3. The Bertz CT molecular complexity index is 48.3. The molecule has 0 nitrogen and oxygen atoms in total. The number of hydrogen-bond donors (Lipinski definition) is 0. The summed E-state index contributed by atoms with van der Waals surface area (Å²) in [5.74, 6) is 0. The zero-order valence-electron chi connectivity index (χ0n) is 10.7. The Morgan fingerprint density at radius 3 is 0.929 bits per heavy atom. The van der Waals surface area contributed by atoms with Gasteiger partial charge < -0.3 is 12.4 Å². The first-order chi connectivity index (χ1) is 5.74. The number of hydrogen-bond acceptors (Lipinski definition) is 0. The Labute approximate surface area is 115 Å².